The monoisotopic (exact) mass is 397 g/mol. The third-order valence-corrected chi connectivity index (χ3v) is 5.86. The van der Waals surface area contributed by atoms with Crippen LogP contribution in [0.1, 0.15) is 45.1 Å². The highest BCUT2D eigenvalue weighted by molar-refractivity contribution is 6.07. The summed E-state index contributed by atoms with van der Waals surface area (Å²) >= 11 is 0. The fourth-order valence-corrected chi connectivity index (χ4v) is 4.29. The second kappa shape index (κ2) is 8.80. The fourth-order valence-electron chi connectivity index (χ4n) is 4.29. The Hall–Kier alpha value is -2.63. The predicted molar refractivity (Wildman–Crippen MR) is 112 cm³/mol. The molecule has 2 fully saturated rings. The zero-order valence-corrected chi connectivity index (χ0v) is 17.5. The van der Waals surface area contributed by atoms with E-state index < -0.39 is 5.54 Å². The van der Waals surface area contributed by atoms with Gasteiger partial charge in [0.1, 0.15) is 5.54 Å². The highest BCUT2D eigenvalue weighted by Crippen LogP contribution is 2.39. The molecule has 0 aromatic heterocycles. The van der Waals surface area contributed by atoms with E-state index in [2.05, 4.69) is 6.58 Å². The van der Waals surface area contributed by atoms with Crippen LogP contribution in [0.5, 0.6) is 0 Å². The Kier molecular flexibility index (Phi) is 6.40. The van der Waals surface area contributed by atoms with E-state index >= 15 is 0 Å². The van der Waals surface area contributed by atoms with Gasteiger partial charge in [-0.25, -0.2) is 4.79 Å². The van der Waals surface area contributed by atoms with Crippen molar-refractivity contribution in [1.82, 2.24) is 14.7 Å². The van der Waals surface area contributed by atoms with E-state index in [1.54, 1.807) is 11.0 Å². The van der Waals surface area contributed by atoms with E-state index in [0.29, 0.717) is 51.9 Å². The second-order valence-electron chi connectivity index (χ2n) is 8.40. The Labute approximate surface area is 173 Å². The molecule has 2 saturated heterocycles. The molecule has 6 nitrogen and oxygen atoms in total. The number of hydrogen-bond acceptors (Lipinski definition) is 3. The van der Waals surface area contributed by atoms with Crippen LogP contribution in [0.25, 0.3) is 0 Å². The Balaban J connectivity index is 1.83. The maximum absolute atomic E-state index is 13.4. The first-order valence-corrected chi connectivity index (χ1v) is 10.4. The quantitative estimate of drug-likeness (QED) is 0.523. The Morgan fingerprint density at radius 2 is 1.83 bits per heavy atom. The largest absolute Gasteiger partial charge is 0.342 e. The van der Waals surface area contributed by atoms with Crippen molar-refractivity contribution in [2.75, 3.05) is 19.6 Å². The lowest BCUT2D eigenvalue weighted by Gasteiger charge is -2.42. The number of amides is 4. The minimum absolute atomic E-state index is 0.0881. The first kappa shape index (κ1) is 21.1. The highest BCUT2D eigenvalue weighted by atomic mass is 16.2. The van der Waals surface area contributed by atoms with Gasteiger partial charge in [-0.05, 0) is 30.7 Å². The Morgan fingerprint density at radius 1 is 1.17 bits per heavy atom. The molecule has 2 heterocycles. The lowest BCUT2D eigenvalue weighted by molar-refractivity contribution is -0.141. The molecule has 0 saturated carbocycles. The average molecular weight is 398 g/mol. The SMILES string of the molecule is C=CCCC(=O)N1CCC2(CC1)C(=O)N(CC(C)C)C(=O)N2Cc1ccccc1. The first-order valence-electron chi connectivity index (χ1n) is 10.4. The predicted octanol–water partition coefficient (Wildman–Crippen LogP) is 3.43. The van der Waals surface area contributed by atoms with Crippen molar-refractivity contribution in [3.8, 4) is 0 Å². The van der Waals surface area contributed by atoms with E-state index in [-0.39, 0.29) is 23.8 Å². The summed E-state index contributed by atoms with van der Waals surface area (Å²) in [6, 6.07) is 9.57. The maximum atomic E-state index is 13.4. The zero-order chi connectivity index (χ0) is 21.0. The molecule has 3 rings (SSSR count). The number of carbonyl (C=O) groups excluding carboxylic acids is 3. The number of piperidine rings is 1. The van der Waals surface area contributed by atoms with Crippen molar-refractivity contribution in [1.29, 1.82) is 0 Å². The summed E-state index contributed by atoms with van der Waals surface area (Å²) in [4.78, 5) is 44.0. The molecule has 156 valence electrons. The van der Waals surface area contributed by atoms with Crippen LogP contribution < -0.4 is 0 Å². The number of likely N-dealkylation sites (tertiary alicyclic amines) is 1. The van der Waals surface area contributed by atoms with Gasteiger partial charge < -0.3 is 9.80 Å². The van der Waals surface area contributed by atoms with Crippen LogP contribution in [0.2, 0.25) is 0 Å². The molecular formula is C23H31N3O3. The molecule has 0 N–H and O–H groups in total. The Morgan fingerprint density at radius 3 is 2.41 bits per heavy atom. The van der Waals surface area contributed by atoms with Crippen molar-refractivity contribution in [2.45, 2.75) is 51.6 Å². The van der Waals surface area contributed by atoms with Gasteiger partial charge in [-0.15, -0.1) is 6.58 Å². The number of carbonyl (C=O) groups is 3. The van der Waals surface area contributed by atoms with Crippen LogP contribution in [-0.4, -0.2) is 57.7 Å². The zero-order valence-electron chi connectivity index (χ0n) is 17.5. The van der Waals surface area contributed by atoms with Gasteiger partial charge in [0.25, 0.3) is 5.91 Å². The van der Waals surface area contributed by atoms with E-state index in [1.165, 1.54) is 4.90 Å². The van der Waals surface area contributed by atoms with E-state index in [9.17, 15) is 14.4 Å². The molecule has 29 heavy (non-hydrogen) atoms. The summed E-state index contributed by atoms with van der Waals surface area (Å²) in [5.41, 5.74) is 0.153. The summed E-state index contributed by atoms with van der Waals surface area (Å²) in [5, 5.41) is 0. The molecule has 0 atom stereocenters. The number of benzene rings is 1. The van der Waals surface area contributed by atoms with Gasteiger partial charge in [0.2, 0.25) is 5.91 Å². The summed E-state index contributed by atoms with van der Waals surface area (Å²) in [6.07, 6.45) is 3.81. The van der Waals surface area contributed by atoms with Crippen molar-refractivity contribution in [3.63, 3.8) is 0 Å². The van der Waals surface area contributed by atoms with E-state index in [0.717, 1.165) is 5.56 Å². The van der Waals surface area contributed by atoms with Gasteiger partial charge in [0, 0.05) is 32.6 Å². The van der Waals surface area contributed by atoms with Crippen molar-refractivity contribution in [2.24, 2.45) is 5.92 Å². The van der Waals surface area contributed by atoms with Crippen molar-refractivity contribution in [3.05, 3.63) is 48.6 Å². The molecule has 0 unspecified atom stereocenters. The molecule has 1 aromatic carbocycles. The van der Waals surface area contributed by atoms with Gasteiger partial charge in [0.15, 0.2) is 0 Å². The molecule has 4 amide bonds. The lowest BCUT2D eigenvalue weighted by atomic mass is 9.85. The van der Waals surface area contributed by atoms with Crippen LogP contribution in [-0.2, 0) is 16.1 Å². The number of rotatable bonds is 7. The van der Waals surface area contributed by atoms with Gasteiger partial charge in [-0.1, -0.05) is 50.3 Å². The number of hydrogen-bond donors (Lipinski definition) is 0. The van der Waals surface area contributed by atoms with Crippen LogP contribution >= 0.6 is 0 Å². The summed E-state index contributed by atoms with van der Waals surface area (Å²) in [7, 11) is 0. The lowest BCUT2D eigenvalue weighted by Crippen LogP contribution is -2.57. The fraction of sp³-hybridized carbons (Fsp3) is 0.522. The van der Waals surface area contributed by atoms with Crippen LogP contribution in [0.15, 0.2) is 43.0 Å². The molecule has 1 spiro atoms. The minimum atomic E-state index is -0.850. The van der Waals surface area contributed by atoms with Crippen LogP contribution in [0, 0.1) is 5.92 Å². The molecule has 6 heteroatoms. The van der Waals surface area contributed by atoms with Crippen molar-refractivity contribution < 1.29 is 14.4 Å². The smallest absolute Gasteiger partial charge is 0.327 e. The Bertz CT molecular complexity index is 767. The molecule has 2 aliphatic heterocycles. The van der Waals surface area contributed by atoms with Crippen LogP contribution in [0.3, 0.4) is 0 Å². The van der Waals surface area contributed by atoms with Gasteiger partial charge in [-0.3, -0.25) is 14.5 Å². The van der Waals surface area contributed by atoms with Gasteiger partial charge in [-0.2, -0.15) is 0 Å². The third-order valence-electron chi connectivity index (χ3n) is 5.86. The summed E-state index contributed by atoms with van der Waals surface area (Å²) in [5.74, 6) is 0.188. The topological polar surface area (TPSA) is 60.9 Å². The van der Waals surface area contributed by atoms with Crippen LogP contribution in [0.4, 0.5) is 4.79 Å². The van der Waals surface area contributed by atoms with Gasteiger partial charge in [0.05, 0.1) is 0 Å². The number of nitrogens with zero attached hydrogens (tertiary/aromatic N) is 3. The van der Waals surface area contributed by atoms with Crippen molar-refractivity contribution >= 4 is 17.8 Å². The molecule has 1 aromatic rings. The molecule has 2 aliphatic rings. The van der Waals surface area contributed by atoms with E-state index in [4.69, 9.17) is 0 Å². The maximum Gasteiger partial charge on any atom is 0.327 e. The molecular weight excluding hydrogens is 366 g/mol. The second-order valence-corrected chi connectivity index (χ2v) is 8.40. The number of imide groups is 1. The highest BCUT2D eigenvalue weighted by Gasteiger charge is 2.58. The van der Waals surface area contributed by atoms with Gasteiger partial charge >= 0.3 is 6.03 Å². The first-order chi connectivity index (χ1) is 13.9. The standard InChI is InChI=1S/C23H31N3O3/c1-4-5-11-20(27)24-14-12-23(13-15-24)21(28)25(16-18(2)3)22(29)26(23)17-19-9-7-6-8-10-19/h4,6-10,18H,1,5,11-17H2,2-3H3. The molecule has 0 bridgehead atoms. The number of urea groups is 1. The molecule has 0 aliphatic carbocycles. The number of allylic oxidation sites excluding steroid dienone is 1. The molecule has 0 radical (unpaired) electrons. The normalized spacial score (nSPS) is 18.8. The summed E-state index contributed by atoms with van der Waals surface area (Å²) < 4.78 is 0. The average Bonchev–Trinajstić information content (AvgIpc) is 2.89. The summed E-state index contributed by atoms with van der Waals surface area (Å²) in [6.45, 7) is 9.51. The van der Waals surface area contributed by atoms with E-state index in [1.807, 2.05) is 49.1 Å². The minimum Gasteiger partial charge on any atom is -0.342 e. The third kappa shape index (κ3) is 4.21.